The second-order valence-corrected chi connectivity index (χ2v) is 8.06. The van der Waals surface area contributed by atoms with Crippen LogP contribution in [0.1, 0.15) is 44.2 Å². The number of ether oxygens (including phenoxy) is 3. The molecule has 0 aliphatic rings. The fourth-order valence-electron chi connectivity index (χ4n) is 3.35. The van der Waals surface area contributed by atoms with Crippen LogP contribution < -0.4 is 9.47 Å². The molecule has 0 fully saturated rings. The fraction of sp³-hybridized carbons (Fsp3) is 0.462. The summed E-state index contributed by atoms with van der Waals surface area (Å²) in [7, 11) is 0. The lowest BCUT2D eigenvalue weighted by molar-refractivity contribution is -0.150. The minimum Gasteiger partial charge on any atom is -0.492 e. The Labute approximate surface area is 208 Å². The van der Waals surface area contributed by atoms with Gasteiger partial charge in [-0.1, -0.05) is 31.9 Å². The fourth-order valence-corrected chi connectivity index (χ4v) is 3.35. The molecule has 0 saturated carbocycles. The van der Waals surface area contributed by atoms with Gasteiger partial charge in [-0.2, -0.15) is 13.2 Å². The van der Waals surface area contributed by atoms with Gasteiger partial charge in [0.25, 0.3) is 0 Å². The van der Waals surface area contributed by atoms with Crippen LogP contribution in [0.25, 0.3) is 0 Å². The highest BCUT2D eigenvalue weighted by molar-refractivity contribution is 5.72. The molecule has 0 aromatic heterocycles. The normalized spacial score (nSPS) is 12.1. The van der Waals surface area contributed by atoms with Crippen molar-refractivity contribution in [1.82, 2.24) is 4.90 Å². The molecule has 0 heterocycles. The van der Waals surface area contributed by atoms with Gasteiger partial charge >= 0.3 is 18.2 Å². The van der Waals surface area contributed by atoms with E-state index in [4.69, 9.17) is 14.2 Å². The number of alkyl halides is 3. The molecule has 10 heteroatoms. The minimum atomic E-state index is -4.47. The van der Waals surface area contributed by atoms with Gasteiger partial charge in [0.2, 0.25) is 0 Å². The maximum absolute atomic E-state index is 12.7. The number of carbonyl (C=O) groups excluding carboxylic acids is 1. The zero-order valence-corrected chi connectivity index (χ0v) is 20.4. The number of halogens is 3. The summed E-state index contributed by atoms with van der Waals surface area (Å²) in [6.07, 6.45) is -3.22. The Morgan fingerprint density at radius 1 is 0.944 bits per heavy atom. The first-order valence-electron chi connectivity index (χ1n) is 11.8. The number of amides is 1. The summed E-state index contributed by atoms with van der Waals surface area (Å²) in [5.74, 6) is -0.452. The van der Waals surface area contributed by atoms with Crippen LogP contribution in [0.3, 0.4) is 0 Å². The van der Waals surface area contributed by atoms with E-state index in [2.05, 4.69) is 0 Å². The molecule has 0 radical (unpaired) electrons. The van der Waals surface area contributed by atoms with Crippen LogP contribution in [-0.4, -0.2) is 54.5 Å². The number of unbranched alkanes of at least 4 members (excludes halogenated alkanes) is 2. The molecule has 2 aromatic carbocycles. The molecule has 1 amide bonds. The summed E-state index contributed by atoms with van der Waals surface area (Å²) < 4.78 is 54.5. The van der Waals surface area contributed by atoms with E-state index < -0.39 is 29.9 Å². The van der Waals surface area contributed by atoms with Crippen molar-refractivity contribution in [2.45, 2.75) is 51.8 Å². The Balaban J connectivity index is 1.92. The summed E-state index contributed by atoms with van der Waals surface area (Å²) in [4.78, 5) is 25.4. The van der Waals surface area contributed by atoms with Crippen LogP contribution in [0.2, 0.25) is 0 Å². The Hall–Kier alpha value is -3.27. The summed E-state index contributed by atoms with van der Waals surface area (Å²) >= 11 is 0. The number of carbonyl (C=O) groups is 2. The molecule has 1 atom stereocenters. The third kappa shape index (κ3) is 9.77. The van der Waals surface area contributed by atoms with E-state index in [1.165, 1.54) is 4.90 Å². The molecule has 0 aliphatic carbocycles. The van der Waals surface area contributed by atoms with E-state index in [0.29, 0.717) is 18.9 Å². The summed E-state index contributed by atoms with van der Waals surface area (Å²) in [6, 6.07) is 10.9. The number of benzene rings is 2. The van der Waals surface area contributed by atoms with E-state index in [9.17, 15) is 27.9 Å². The Bertz CT molecular complexity index is 948. The van der Waals surface area contributed by atoms with Gasteiger partial charge in [0.1, 0.15) is 18.1 Å². The highest BCUT2D eigenvalue weighted by atomic mass is 19.4. The maximum Gasteiger partial charge on any atom is 0.416 e. The van der Waals surface area contributed by atoms with Crippen molar-refractivity contribution in [3.05, 3.63) is 59.7 Å². The van der Waals surface area contributed by atoms with Crippen molar-refractivity contribution in [2.24, 2.45) is 0 Å². The van der Waals surface area contributed by atoms with Gasteiger partial charge in [0.05, 0.1) is 12.1 Å². The third-order valence-electron chi connectivity index (χ3n) is 5.29. The van der Waals surface area contributed by atoms with Gasteiger partial charge in [0.15, 0.2) is 6.10 Å². The molecule has 7 nitrogen and oxygen atoms in total. The average Bonchev–Trinajstić information content (AvgIpc) is 2.83. The smallest absolute Gasteiger partial charge is 0.416 e. The zero-order chi connectivity index (χ0) is 26.6. The van der Waals surface area contributed by atoms with Crippen LogP contribution in [0.4, 0.5) is 18.0 Å². The Morgan fingerprint density at radius 3 is 2.14 bits per heavy atom. The monoisotopic (exact) mass is 511 g/mol. The lowest BCUT2D eigenvalue weighted by Gasteiger charge is -2.22. The number of carboxylic acid groups (broad SMARTS) is 1. The van der Waals surface area contributed by atoms with Gasteiger partial charge in [-0.25, -0.2) is 9.59 Å². The number of hydrogen-bond donors (Lipinski definition) is 1. The topological polar surface area (TPSA) is 85.3 Å². The molecule has 198 valence electrons. The van der Waals surface area contributed by atoms with E-state index in [1.807, 2.05) is 6.92 Å². The number of carboxylic acids is 1. The first-order valence-corrected chi connectivity index (χ1v) is 11.8. The minimum absolute atomic E-state index is 0.0247. The maximum atomic E-state index is 12.7. The van der Waals surface area contributed by atoms with Crippen molar-refractivity contribution < 1.29 is 42.1 Å². The molecule has 0 spiro atoms. The molecule has 0 bridgehead atoms. The largest absolute Gasteiger partial charge is 0.492 e. The van der Waals surface area contributed by atoms with Gasteiger partial charge in [-0.15, -0.1) is 0 Å². The highest BCUT2D eigenvalue weighted by Crippen LogP contribution is 2.30. The molecular formula is C26H32F3NO6. The predicted octanol–water partition coefficient (Wildman–Crippen LogP) is 5.81. The second-order valence-electron chi connectivity index (χ2n) is 8.06. The lowest BCUT2D eigenvalue weighted by Crippen LogP contribution is -2.37. The summed E-state index contributed by atoms with van der Waals surface area (Å²) in [6.45, 7) is 4.88. The predicted molar refractivity (Wildman–Crippen MR) is 127 cm³/mol. The lowest BCUT2D eigenvalue weighted by atomic mass is 10.1. The summed E-state index contributed by atoms with van der Waals surface area (Å²) in [5.41, 5.74) is -0.0394. The van der Waals surface area contributed by atoms with Crippen LogP contribution >= 0.6 is 0 Å². The molecule has 0 saturated heterocycles. The van der Waals surface area contributed by atoms with Crippen LogP contribution in [-0.2, 0) is 22.1 Å². The van der Waals surface area contributed by atoms with E-state index >= 15 is 0 Å². The number of rotatable bonds is 14. The van der Waals surface area contributed by atoms with Gasteiger partial charge in [0, 0.05) is 19.6 Å². The average molecular weight is 512 g/mol. The molecule has 1 N–H and O–H groups in total. The number of hydrogen-bond acceptors (Lipinski definition) is 5. The van der Waals surface area contributed by atoms with Gasteiger partial charge in [-0.3, -0.25) is 0 Å². The van der Waals surface area contributed by atoms with Crippen molar-refractivity contribution >= 4 is 12.1 Å². The van der Waals surface area contributed by atoms with Crippen LogP contribution in [0.5, 0.6) is 11.5 Å². The first kappa shape index (κ1) is 29.0. The zero-order valence-electron chi connectivity index (χ0n) is 20.4. The van der Waals surface area contributed by atoms with Gasteiger partial charge < -0.3 is 24.2 Å². The van der Waals surface area contributed by atoms with E-state index in [1.54, 1.807) is 31.2 Å². The van der Waals surface area contributed by atoms with Gasteiger partial charge in [-0.05, 0) is 55.3 Å². The quantitative estimate of drug-likeness (QED) is 0.322. The van der Waals surface area contributed by atoms with Crippen molar-refractivity contribution in [1.29, 1.82) is 0 Å². The Kier molecular flexibility index (Phi) is 11.5. The van der Waals surface area contributed by atoms with Crippen molar-refractivity contribution in [3.8, 4) is 11.5 Å². The molecule has 2 aromatic rings. The number of aliphatic carboxylic acids is 1. The van der Waals surface area contributed by atoms with Crippen LogP contribution in [0.15, 0.2) is 48.5 Å². The van der Waals surface area contributed by atoms with E-state index in [0.717, 1.165) is 49.1 Å². The van der Waals surface area contributed by atoms with Crippen LogP contribution in [0, 0.1) is 0 Å². The standard InChI is InChI=1S/C26H32F3NO6/c1-3-5-6-15-30(25(33)36-22-13-9-20(10-14-22)26(27,28)29)16-17-35-21-11-7-19(8-12-21)18-23(24(31)32)34-4-2/h7-14,23H,3-6,15-18H2,1-2H3,(H,31,32). The molecule has 0 aliphatic heterocycles. The SMILES string of the molecule is CCCCCN(CCOc1ccc(CC(OCC)C(=O)O)cc1)C(=O)Oc1ccc(C(F)(F)F)cc1. The van der Waals surface area contributed by atoms with Crippen molar-refractivity contribution in [3.63, 3.8) is 0 Å². The second kappa shape index (κ2) is 14.3. The molecular weight excluding hydrogens is 479 g/mol. The number of nitrogens with zero attached hydrogens (tertiary/aromatic N) is 1. The Morgan fingerprint density at radius 2 is 1.58 bits per heavy atom. The molecule has 36 heavy (non-hydrogen) atoms. The highest BCUT2D eigenvalue weighted by Gasteiger charge is 2.30. The summed E-state index contributed by atoms with van der Waals surface area (Å²) in [5, 5.41) is 9.21. The first-order chi connectivity index (χ1) is 17.1. The molecule has 2 rings (SSSR count). The molecule has 1 unspecified atom stereocenters. The van der Waals surface area contributed by atoms with Crippen molar-refractivity contribution in [2.75, 3.05) is 26.3 Å². The third-order valence-corrected chi connectivity index (χ3v) is 5.29. The van der Waals surface area contributed by atoms with E-state index in [-0.39, 0.29) is 25.3 Å².